The Morgan fingerprint density at radius 1 is 1.58 bits per heavy atom. The zero-order valence-corrected chi connectivity index (χ0v) is 12.6. The number of hydrogen-bond donors (Lipinski definition) is 2. The summed E-state index contributed by atoms with van der Waals surface area (Å²) in [5.74, 6) is 0.841. The molecule has 0 bridgehead atoms. The molecule has 1 atom stereocenters. The average molecular weight is 284 g/mol. The normalized spacial score (nSPS) is 24.2. The van der Waals surface area contributed by atoms with Gasteiger partial charge in [0.2, 0.25) is 0 Å². The third-order valence-electron chi connectivity index (χ3n) is 3.64. The summed E-state index contributed by atoms with van der Waals surface area (Å²) < 4.78 is 5.52. The van der Waals surface area contributed by atoms with E-state index < -0.39 is 6.10 Å². The Kier molecular flexibility index (Phi) is 5.76. The van der Waals surface area contributed by atoms with Gasteiger partial charge >= 0.3 is 0 Å². The Hall–Kier alpha value is -0.490. The first-order valence-corrected chi connectivity index (χ1v) is 7.91. The summed E-state index contributed by atoms with van der Waals surface area (Å²) in [6.07, 6.45) is 2.95. The van der Waals surface area contributed by atoms with Gasteiger partial charge in [0.1, 0.15) is 0 Å². The van der Waals surface area contributed by atoms with Crippen molar-refractivity contribution in [1.82, 2.24) is 10.3 Å². The lowest BCUT2D eigenvalue weighted by Crippen LogP contribution is -2.44. The van der Waals surface area contributed by atoms with Crippen LogP contribution >= 0.6 is 11.3 Å². The molecule has 1 aromatic rings. The van der Waals surface area contributed by atoms with E-state index in [0.29, 0.717) is 25.8 Å². The summed E-state index contributed by atoms with van der Waals surface area (Å²) in [5.41, 5.74) is 2.96. The Balaban J connectivity index is 1.49. The van der Waals surface area contributed by atoms with Gasteiger partial charge in [0.25, 0.3) is 0 Å². The van der Waals surface area contributed by atoms with Crippen LogP contribution in [-0.2, 0) is 11.2 Å². The molecule has 2 rings (SSSR count). The Bertz CT molecular complexity index is 377. The van der Waals surface area contributed by atoms with Gasteiger partial charge in [-0.15, -0.1) is 11.3 Å². The second kappa shape index (κ2) is 7.33. The zero-order valence-electron chi connectivity index (χ0n) is 11.8. The highest BCUT2D eigenvalue weighted by molar-refractivity contribution is 7.09. The average Bonchev–Trinajstić information content (AvgIpc) is 2.75. The van der Waals surface area contributed by atoms with E-state index in [-0.39, 0.29) is 0 Å². The fraction of sp³-hybridized carbons (Fsp3) is 0.786. The highest BCUT2D eigenvalue weighted by Gasteiger charge is 2.24. The number of nitrogens with one attached hydrogen (secondary N) is 1. The van der Waals surface area contributed by atoms with Crippen LogP contribution in [-0.4, -0.2) is 42.0 Å². The number of thiazole rings is 1. The minimum Gasteiger partial charge on any atom is -0.389 e. The van der Waals surface area contributed by atoms with E-state index in [1.165, 1.54) is 17.7 Å². The second-order valence-corrected chi connectivity index (χ2v) is 6.46. The van der Waals surface area contributed by atoms with Crippen molar-refractivity contribution in [3.8, 4) is 0 Å². The number of aryl methyl sites for hydroxylation is 1. The summed E-state index contributed by atoms with van der Waals surface area (Å²) >= 11 is 1.67. The Morgan fingerprint density at radius 2 is 2.37 bits per heavy atom. The number of aliphatic hydroxyl groups excluding tert-OH is 1. The lowest BCUT2D eigenvalue weighted by atomic mass is 9.82. The molecule has 0 amide bonds. The molecule has 1 unspecified atom stereocenters. The van der Waals surface area contributed by atoms with Gasteiger partial charge in [0, 0.05) is 23.9 Å². The molecule has 0 radical (unpaired) electrons. The number of aromatic nitrogens is 1. The number of hydrogen-bond acceptors (Lipinski definition) is 5. The van der Waals surface area contributed by atoms with Gasteiger partial charge in [0.05, 0.1) is 30.5 Å². The topological polar surface area (TPSA) is 54.4 Å². The fourth-order valence-electron chi connectivity index (χ4n) is 2.38. The standard InChI is InChI=1S/C14H24N2O2S/c1-10-5-12(6-10)15-7-13(17)8-18-4-3-14-11(2)16-9-19-14/h9-10,12-13,15,17H,3-8H2,1-2H3. The monoisotopic (exact) mass is 284 g/mol. The molecule has 1 aromatic heterocycles. The van der Waals surface area contributed by atoms with Crippen LogP contribution in [0.25, 0.3) is 0 Å². The third-order valence-corrected chi connectivity index (χ3v) is 4.64. The molecule has 0 spiro atoms. The first-order valence-electron chi connectivity index (χ1n) is 7.03. The molecule has 0 aliphatic heterocycles. The minimum atomic E-state index is -0.404. The smallest absolute Gasteiger partial charge is 0.0897 e. The van der Waals surface area contributed by atoms with Crippen LogP contribution in [0.5, 0.6) is 0 Å². The molecule has 5 heteroatoms. The summed E-state index contributed by atoms with van der Waals surface area (Å²) in [5, 5.41) is 13.2. The first kappa shape index (κ1) is 14.9. The highest BCUT2D eigenvalue weighted by Crippen LogP contribution is 2.25. The largest absolute Gasteiger partial charge is 0.389 e. The van der Waals surface area contributed by atoms with E-state index in [2.05, 4.69) is 17.2 Å². The Labute approximate surface area is 119 Å². The number of ether oxygens (including phenoxy) is 1. The maximum absolute atomic E-state index is 9.80. The van der Waals surface area contributed by atoms with E-state index >= 15 is 0 Å². The van der Waals surface area contributed by atoms with E-state index in [1.807, 2.05) is 12.4 Å². The molecule has 4 nitrogen and oxygen atoms in total. The lowest BCUT2D eigenvalue weighted by molar-refractivity contribution is 0.0342. The maximum Gasteiger partial charge on any atom is 0.0897 e. The van der Waals surface area contributed by atoms with E-state index in [9.17, 15) is 5.11 Å². The predicted octanol–water partition coefficient (Wildman–Crippen LogP) is 1.76. The summed E-state index contributed by atoms with van der Waals surface area (Å²) in [6, 6.07) is 0.601. The van der Waals surface area contributed by atoms with Crippen LogP contribution in [0.3, 0.4) is 0 Å². The second-order valence-electron chi connectivity index (χ2n) is 5.52. The molecule has 2 N–H and O–H groups in total. The lowest BCUT2D eigenvalue weighted by Gasteiger charge is -2.34. The molecule has 108 valence electrons. The summed E-state index contributed by atoms with van der Waals surface area (Å²) in [6.45, 7) is 5.98. The minimum absolute atomic E-state index is 0.404. The quantitative estimate of drug-likeness (QED) is 0.714. The Morgan fingerprint density at radius 3 is 3.00 bits per heavy atom. The first-order chi connectivity index (χ1) is 9.15. The van der Waals surface area contributed by atoms with Crippen molar-refractivity contribution in [3.63, 3.8) is 0 Å². The summed E-state index contributed by atoms with van der Waals surface area (Å²) in [7, 11) is 0. The van der Waals surface area contributed by atoms with Crippen molar-refractivity contribution in [2.45, 2.75) is 45.3 Å². The zero-order chi connectivity index (χ0) is 13.7. The van der Waals surface area contributed by atoms with E-state index in [0.717, 1.165) is 18.0 Å². The van der Waals surface area contributed by atoms with Gasteiger partial charge in [-0.3, -0.25) is 0 Å². The number of aliphatic hydroxyl groups is 1. The van der Waals surface area contributed by atoms with Crippen LogP contribution in [0.15, 0.2) is 5.51 Å². The SMILES string of the molecule is Cc1ncsc1CCOCC(O)CNC1CC(C)C1. The van der Waals surface area contributed by atoms with E-state index in [4.69, 9.17) is 4.74 Å². The molecule has 1 heterocycles. The summed E-state index contributed by atoms with van der Waals surface area (Å²) in [4.78, 5) is 5.48. The van der Waals surface area contributed by atoms with Crippen molar-refractivity contribution in [3.05, 3.63) is 16.1 Å². The predicted molar refractivity (Wildman–Crippen MR) is 77.6 cm³/mol. The van der Waals surface area contributed by atoms with Gasteiger partial charge in [-0.05, 0) is 25.7 Å². The van der Waals surface area contributed by atoms with Crippen molar-refractivity contribution >= 4 is 11.3 Å². The molecule has 1 aliphatic rings. The fourth-order valence-corrected chi connectivity index (χ4v) is 3.14. The van der Waals surface area contributed by atoms with Gasteiger partial charge < -0.3 is 15.2 Å². The van der Waals surface area contributed by atoms with Gasteiger partial charge in [-0.25, -0.2) is 4.98 Å². The molecule has 1 fully saturated rings. The molecular formula is C14H24N2O2S. The molecule has 0 saturated heterocycles. The molecule has 19 heavy (non-hydrogen) atoms. The number of rotatable bonds is 8. The molecule has 0 aromatic carbocycles. The van der Waals surface area contributed by atoms with Crippen LogP contribution in [0.2, 0.25) is 0 Å². The van der Waals surface area contributed by atoms with Crippen LogP contribution < -0.4 is 5.32 Å². The van der Waals surface area contributed by atoms with Gasteiger partial charge in [-0.2, -0.15) is 0 Å². The van der Waals surface area contributed by atoms with Crippen LogP contribution in [0.1, 0.15) is 30.3 Å². The highest BCUT2D eigenvalue weighted by atomic mass is 32.1. The van der Waals surface area contributed by atoms with Crippen molar-refractivity contribution in [2.24, 2.45) is 5.92 Å². The van der Waals surface area contributed by atoms with Crippen molar-refractivity contribution < 1.29 is 9.84 Å². The molecule has 1 aliphatic carbocycles. The maximum atomic E-state index is 9.80. The van der Waals surface area contributed by atoms with Crippen molar-refractivity contribution in [1.29, 1.82) is 0 Å². The van der Waals surface area contributed by atoms with Gasteiger partial charge in [0.15, 0.2) is 0 Å². The van der Waals surface area contributed by atoms with E-state index in [1.54, 1.807) is 11.3 Å². The molecule has 1 saturated carbocycles. The molecular weight excluding hydrogens is 260 g/mol. The van der Waals surface area contributed by atoms with Gasteiger partial charge in [-0.1, -0.05) is 6.92 Å². The van der Waals surface area contributed by atoms with Crippen molar-refractivity contribution in [2.75, 3.05) is 19.8 Å². The van der Waals surface area contributed by atoms with Crippen LogP contribution in [0.4, 0.5) is 0 Å². The third kappa shape index (κ3) is 4.84. The van der Waals surface area contributed by atoms with Crippen LogP contribution in [0, 0.1) is 12.8 Å². The number of nitrogens with zero attached hydrogens (tertiary/aromatic N) is 1.